The lowest BCUT2D eigenvalue weighted by molar-refractivity contribution is -0.141. The number of carbonyl (C=O) groups is 1. The van der Waals surface area contributed by atoms with Gasteiger partial charge in [-0.15, -0.1) is 0 Å². The van der Waals surface area contributed by atoms with Crippen LogP contribution >= 0.6 is 0 Å². The van der Waals surface area contributed by atoms with E-state index < -0.39 is 33.8 Å². The first kappa shape index (κ1) is 27.6. The standard InChI is InChI=1S/C26H23F4N5O4S/c1-34(2)25-32-18(13-19(33-25)15-3-8-23(31-14-15)26(28,29)30)5-6-21(36)20-9-10-35(20)40(37,38)24-12-16-11-17(27)4-7-22(16)39-24/h3-4,7-8,11-14,20H,5-6,9-10H2,1-2H3/t20-/m0/s1. The molecule has 210 valence electrons. The van der Waals surface area contributed by atoms with Gasteiger partial charge in [-0.05, 0) is 49.2 Å². The summed E-state index contributed by atoms with van der Waals surface area (Å²) >= 11 is 0. The van der Waals surface area contributed by atoms with Gasteiger partial charge in [-0.2, -0.15) is 17.5 Å². The predicted molar refractivity (Wildman–Crippen MR) is 136 cm³/mol. The van der Waals surface area contributed by atoms with E-state index in [1.54, 1.807) is 25.1 Å². The topological polar surface area (TPSA) is 110 Å². The first-order chi connectivity index (χ1) is 18.8. The molecule has 1 saturated heterocycles. The molecule has 0 saturated carbocycles. The fourth-order valence-electron chi connectivity index (χ4n) is 4.30. The lowest BCUT2D eigenvalue weighted by Gasteiger charge is -2.37. The highest BCUT2D eigenvalue weighted by Crippen LogP contribution is 2.33. The Morgan fingerprint density at radius 1 is 1.12 bits per heavy atom. The van der Waals surface area contributed by atoms with Crippen molar-refractivity contribution >= 4 is 32.7 Å². The Labute approximate surface area is 226 Å². The number of hydrogen-bond donors (Lipinski definition) is 0. The summed E-state index contributed by atoms with van der Waals surface area (Å²) in [6.07, 6.45) is -3.05. The molecule has 0 radical (unpaired) electrons. The van der Waals surface area contributed by atoms with Crippen molar-refractivity contribution in [1.82, 2.24) is 19.3 Å². The second-order valence-corrected chi connectivity index (χ2v) is 11.3. The van der Waals surface area contributed by atoms with E-state index in [0.29, 0.717) is 28.8 Å². The summed E-state index contributed by atoms with van der Waals surface area (Å²) in [7, 11) is -0.731. The Balaban J connectivity index is 1.32. The van der Waals surface area contributed by atoms with Crippen LogP contribution in [-0.4, -0.2) is 60.1 Å². The molecule has 0 spiro atoms. The number of anilines is 1. The molecule has 14 heteroatoms. The number of ketones is 1. The Morgan fingerprint density at radius 2 is 1.90 bits per heavy atom. The highest BCUT2D eigenvalue weighted by molar-refractivity contribution is 7.89. The molecule has 0 unspecified atom stereocenters. The summed E-state index contributed by atoms with van der Waals surface area (Å²) in [6.45, 7) is 0.132. The van der Waals surface area contributed by atoms with Gasteiger partial charge in [-0.25, -0.2) is 22.8 Å². The summed E-state index contributed by atoms with van der Waals surface area (Å²) in [5, 5.41) is -0.0756. The van der Waals surface area contributed by atoms with Gasteiger partial charge < -0.3 is 9.32 Å². The van der Waals surface area contributed by atoms with Crippen molar-refractivity contribution in [2.24, 2.45) is 0 Å². The zero-order valence-electron chi connectivity index (χ0n) is 21.3. The number of aromatic nitrogens is 3. The lowest BCUT2D eigenvalue weighted by atomic mass is 9.98. The number of benzene rings is 1. The maximum atomic E-state index is 13.5. The molecule has 1 aromatic carbocycles. The molecule has 0 N–H and O–H groups in total. The third-order valence-electron chi connectivity index (χ3n) is 6.51. The van der Waals surface area contributed by atoms with E-state index in [1.165, 1.54) is 18.2 Å². The fourth-order valence-corrected chi connectivity index (χ4v) is 5.90. The highest BCUT2D eigenvalue weighted by atomic mass is 32.2. The number of pyridine rings is 1. The van der Waals surface area contributed by atoms with Crippen molar-refractivity contribution in [3.05, 3.63) is 65.9 Å². The first-order valence-electron chi connectivity index (χ1n) is 12.2. The smallest absolute Gasteiger partial charge is 0.433 e. The molecular weight excluding hydrogens is 554 g/mol. The quantitative estimate of drug-likeness (QED) is 0.282. The Morgan fingerprint density at radius 3 is 2.52 bits per heavy atom. The second-order valence-electron chi connectivity index (χ2n) is 9.50. The number of alkyl halides is 3. The van der Waals surface area contributed by atoms with E-state index in [-0.39, 0.29) is 41.8 Å². The number of carbonyl (C=O) groups excluding carboxylic acids is 1. The molecule has 1 fully saturated rings. The molecule has 5 rings (SSSR count). The summed E-state index contributed by atoms with van der Waals surface area (Å²) in [4.78, 5) is 26.9. The maximum Gasteiger partial charge on any atom is 0.433 e. The van der Waals surface area contributed by atoms with Gasteiger partial charge in [0.1, 0.15) is 17.1 Å². The minimum absolute atomic E-state index is 0.0311. The van der Waals surface area contributed by atoms with Crippen LogP contribution in [0.25, 0.3) is 22.2 Å². The molecule has 3 aromatic heterocycles. The Kier molecular flexibility index (Phi) is 7.08. The number of aryl methyl sites for hydroxylation is 1. The van der Waals surface area contributed by atoms with Gasteiger partial charge >= 0.3 is 6.18 Å². The number of furan rings is 1. The minimum Gasteiger partial charge on any atom is -0.443 e. The van der Waals surface area contributed by atoms with Crippen molar-refractivity contribution in [3.63, 3.8) is 0 Å². The molecular formula is C26H23F4N5O4S. The van der Waals surface area contributed by atoms with E-state index in [1.807, 2.05) is 0 Å². The minimum atomic E-state index is -4.57. The van der Waals surface area contributed by atoms with Crippen LogP contribution in [0, 0.1) is 5.82 Å². The monoisotopic (exact) mass is 577 g/mol. The van der Waals surface area contributed by atoms with E-state index in [4.69, 9.17) is 4.42 Å². The molecule has 0 aliphatic carbocycles. The Hall–Kier alpha value is -3.91. The average Bonchev–Trinajstić information content (AvgIpc) is 3.30. The summed E-state index contributed by atoms with van der Waals surface area (Å²) in [6, 6.07) is 7.69. The van der Waals surface area contributed by atoms with E-state index in [9.17, 15) is 30.8 Å². The molecule has 0 bridgehead atoms. The number of Topliss-reactive ketones (excluding diaryl/α,β-unsaturated/α-hetero) is 1. The van der Waals surface area contributed by atoms with E-state index in [0.717, 1.165) is 28.7 Å². The van der Waals surface area contributed by atoms with Crippen molar-refractivity contribution in [2.45, 2.75) is 36.6 Å². The molecule has 4 aromatic rings. The normalized spacial score (nSPS) is 16.2. The van der Waals surface area contributed by atoms with Crippen molar-refractivity contribution in [3.8, 4) is 11.3 Å². The molecule has 40 heavy (non-hydrogen) atoms. The van der Waals surface area contributed by atoms with Gasteiger partial charge in [0.15, 0.2) is 5.78 Å². The second kappa shape index (κ2) is 10.2. The molecule has 4 heterocycles. The van der Waals surface area contributed by atoms with Crippen LogP contribution in [0.2, 0.25) is 0 Å². The Bertz CT molecular complexity index is 1690. The molecule has 0 amide bonds. The van der Waals surface area contributed by atoms with Crippen LogP contribution < -0.4 is 4.90 Å². The van der Waals surface area contributed by atoms with E-state index >= 15 is 0 Å². The third-order valence-corrected chi connectivity index (χ3v) is 8.27. The van der Waals surface area contributed by atoms with Crippen molar-refractivity contribution in [1.29, 1.82) is 0 Å². The number of halogens is 4. The maximum absolute atomic E-state index is 13.5. The van der Waals surface area contributed by atoms with Crippen LogP contribution in [0.3, 0.4) is 0 Å². The van der Waals surface area contributed by atoms with Crippen molar-refractivity contribution in [2.75, 3.05) is 25.5 Å². The van der Waals surface area contributed by atoms with Gasteiger partial charge in [-0.1, -0.05) is 0 Å². The fraction of sp³-hybridized carbons (Fsp3) is 0.308. The molecule has 1 aliphatic heterocycles. The average molecular weight is 578 g/mol. The molecule has 1 atom stereocenters. The van der Waals surface area contributed by atoms with Gasteiger partial charge in [0.2, 0.25) is 11.0 Å². The summed E-state index contributed by atoms with van der Waals surface area (Å²) in [5.74, 6) is -0.567. The first-order valence-corrected chi connectivity index (χ1v) is 13.6. The van der Waals surface area contributed by atoms with Gasteiger partial charge in [0, 0.05) is 56.0 Å². The number of rotatable bonds is 8. The lowest BCUT2D eigenvalue weighted by Crippen LogP contribution is -2.54. The number of hydrogen-bond acceptors (Lipinski definition) is 8. The predicted octanol–water partition coefficient (Wildman–Crippen LogP) is 4.47. The summed E-state index contributed by atoms with van der Waals surface area (Å²) in [5.41, 5.74) is 0.307. The van der Waals surface area contributed by atoms with Crippen LogP contribution in [0.4, 0.5) is 23.5 Å². The van der Waals surface area contributed by atoms with E-state index in [2.05, 4.69) is 15.0 Å². The molecule has 1 aliphatic rings. The van der Waals surface area contributed by atoms with Crippen molar-refractivity contribution < 1.29 is 35.2 Å². The number of fused-ring (bicyclic) bond motifs is 1. The zero-order chi connectivity index (χ0) is 28.8. The van der Waals surface area contributed by atoms with Gasteiger partial charge in [0.25, 0.3) is 10.0 Å². The van der Waals surface area contributed by atoms with Crippen LogP contribution in [0.5, 0.6) is 0 Å². The highest BCUT2D eigenvalue weighted by Gasteiger charge is 2.43. The van der Waals surface area contributed by atoms with Gasteiger partial charge in [0.05, 0.1) is 11.7 Å². The number of sulfonamides is 1. The van der Waals surface area contributed by atoms with Crippen LogP contribution in [0.15, 0.2) is 58.2 Å². The summed E-state index contributed by atoms with van der Waals surface area (Å²) < 4.78 is 85.0. The van der Waals surface area contributed by atoms with Crippen LogP contribution in [0.1, 0.15) is 24.2 Å². The SMILES string of the molecule is CN(C)c1nc(CCC(=O)[C@@H]2CCN2S(=O)(=O)c2cc3cc(F)ccc3o2)cc(-c2ccc(C(F)(F)F)nc2)n1. The van der Waals surface area contributed by atoms with Gasteiger partial charge in [-0.3, -0.25) is 9.78 Å². The zero-order valence-corrected chi connectivity index (χ0v) is 22.1. The third kappa shape index (κ3) is 5.41. The number of nitrogens with zero attached hydrogens (tertiary/aromatic N) is 5. The largest absolute Gasteiger partial charge is 0.443 e. The molecule has 9 nitrogen and oxygen atoms in total. The van der Waals surface area contributed by atoms with Crippen LogP contribution in [-0.2, 0) is 27.4 Å².